The lowest BCUT2D eigenvalue weighted by atomic mass is 9.84. The highest BCUT2D eigenvalue weighted by molar-refractivity contribution is 4.75. The number of ether oxygens (including phenoxy) is 1. The monoisotopic (exact) mass is 213 g/mol. The summed E-state index contributed by atoms with van der Waals surface area (Å²) in [5, 5.41) is 3.66. The largest absolute Gasteiger partial charge is 0.385 e. The fourth-order valence-corrected chi connectivity index (χ4v) is 2.50. The summed E-state index contributed by atoms with van der Waals surface area (Å²) in [6.07, 6.45) is 9.64. The van der Waals surface area contributed by atoms with Gasteiger partial charge < -0.3 is 10.1 Å². The van der Waals surface area contributed by atoms with Crippen molar-refractivity contribution in [3.8, 4) is 0 Å². The smallest absolute Gasteiger partial charge is 0.0462 e. The third-order valence-electron chi connectivity index (χ3n) is 3.60. The number of nitrogens with one attached hydrogen (secondary N) is 1. The van der Waals surface area contributed by atoms with Crippen molar-refractivity contribution >= 4 is 0 Å². The van der Waals surface area contributed by atoms with Gasteiger partial charge in [0.1, 0.15) is 0 Å². The molecule has 0 spiro atoms. The number of hydrogen-bond acceptors (Lipinski definition) is 2. The van der Waals surface area contributed by atoms with Gasteiger partial charge in [-0.2, -0.15) is 0 Å². The minimum atomic E-state index is 0.716. The van der Waals surface area contributed by atoms with Crippen molar-refractivity contribution in [2.24, 2.45) is 5.92 Å². The van der Waals surface area contributed by atoms with E-state index >= 15 is 0 Å². The Kier molecular flexibility index (Phi) is 7.03. The molecule has 0 aromatic rings. The fourth-order valence-electron chi connectivity index (χ4n) is 2.50. The van der Waals surface area contributed by atoms with Crippen LogP contribution in [0.3, 0.4) is 0 Å². The maximum atomic E-state index is 5.04. The summed E-state index contributed by atoms with van der Waals surface area (Å²) in [6, 6.07) is 0.716. The third-order valence-corrected chi connectivity index (χ3v) is 3.60. The van der Waals surface area contributed by atoms with Crippen LogP contribution in [0.2, 0.25) is 0 Å². The van der Waals surface area contributed by atoms with Gasteiger partial charge in [0, 0.05) is 19.8 Å². The molecule has 1 N–H and O–H groups in total. The molecular weight excluding hydrogens is 186 g/mol. The molecule has 2 nitrogen and oxygen atoms in total. The first-order chi connectivity index (χ1) is 7.34. The summed E-state index contributed by atoms with van der Waals surface area (Å²) in [6.45, 7) is 4.41. The zero-order chi connectivity index (χ0) is 10.9. The molecule has 1 aliphatic rings. The average molecular weight is 213 g/mol. The summed E-state index contributed by atoms with van der Waals surface area (Å²) in [4.78, 5) is 0. The van der Waals surface area contributed by atoms with Gasteiger partial charge >= 0.3 is 0 Å². The lowest BCUT2D eigenvalue weighted by Crippen LogP contribution is -2.35. The van der Waals surface area contributed by atoms with E-state index in [2.05, 4.69) is 12.2 Å². The Balaban J connectivity index is 1.99. The van der Waals surface area contributed by atoms with Gasteiger partial charge in [-0.3, -0.25) is 0 Å². The first kappa shape index (κ1) is 13.0. The summed E-state index contributed by atoms with van der Waals surface area (Å²) < 4.78 is 5.04. The lowest BCUT2D eigenvalue weighted by molar-refractivity contribution is 0.191. The van der Waals surface area contributed by atoms with Gasteiger partial charge in [-0.05, 0) is 45.1 Å². The summed E-state index contributed by atoms with van der Waals surface area (Å²) in [7, 11) is 1.78. The van der Waals surface area contributed by atoms with E-state index in [-0.39, 0.29) is 0 Å². The average Bonchev–Trinajstić information content (AvgIpc) is 2.30. The van der Waals surface area contributed by atoms with Crippen LogP contribution in [0.25, 0.3) is 0 Å². The molecule has 1 atom stereocenters. The third kappa shape index (κ3) is 5.53. The topological polar surface area (TPSA) is 21.3 Å². The summed E-state index contributed by atoms with van der Waals surface area (Å²) >= 11 is 0. The van der Waals surface area contributed by atoms with Crippen LogP contribution in [-0.4, -0.2) is 26.3 Å². The zero-order valence-electron chi connectivity index (χ0n) is 10.4. The minimum Gasteiger partial charge on any atom is -0.385 e. The predicted molar refractivity (Wildman–Crippen MR) is 65.1 cm³/mol. The molecule has 90 valence electrons. The second-order valence-corrected chi connectivity index (χ2v) is 4.84. The van der Waals surface area contributed by atoms with Gasteiger partial charge in [0.15, 0.2) is 0 Å². The molecule has 0 aliphatic heterocycles. The molecule has 0 aromatic heterocycles. The highest BCUT2D eigenvalue weighted by Crippen LogP contribution is 2.26. The predicted octanol–water partition coefficient (Wildman–Crippen LogP) is 2.97. The normalized spacial score (nSPS) is 20.4. The van der Waals surface area contributed by atoms with Gasteiger partial charge in [-0.15, -0.1) is 0 Å². The first-order valence-corrected chi connectivity index (χ1v) is 6.57. The minimum absolute atomic E-state index is 0.716. The Morgan fingerprint density at radius 3 is 2.60 bits per heavy atom. The molecule has 1 rings (SSSR count). The van der Waals surface area contributed by atoms with Gasteiger partial charge in [-0.25, -0.2) is 0 Å². The molecular formula is C13H27NO. The highest BCUT2D eigenvalue weighted by Gasteiger charge is 2.18. The highest BCUT2D eigenvalue weighted by atomic mass is 16.5. The van der Waals surface area contributed by atoms with Crippen LogP contribution in [0.5, 0.6) is 0 Å². The second-order valence-electron chi connectivity index (χ2n) is 4.84. The second kappa shape index (κ2) is 8.12. The van der Waals surface area contributed by atoms with Gasteiger partial charge in [0.05, 0.1) is 0 Å². The number of hydrogen-bond donors (Lipinski definition) is 1. The number of methoxy groups -OCH3 is 1. The molecule has 0 aromatic carbocycles. The molecule has 0 unspecified atom stereocenters. The zero-order valence-corrected chi connectivity index (χ0v) is 10.4. The van der Waals surface area contributed by atoms with Crippen molar-refractivity contribution in [2.45, 2.75) is 57.9 Å². The van der Waals surface area contributed by atoms with E-state index in [1.165, 1.54) is 44.9 Å². The Bertz CT molecular complexity index is 143. The first-order valence-electron chi connectivity index (χ1n) is 6.57. The van der Waals surface area contributed by atoms with Crippen molar-refractivity contribution < 1.29 is 4.74 Å². The van der Waals surface area contributed by atoms with Crippen LogP contribution in [0.4, 0.5) is 0 Å². The maximum Gasteiger partial charge on any atom is 0.0462 e. The summed E-state index contributed by atoms with van der Waals surface area (Å²) in [5.41, 5.74) is 0. The molecule has 15 heavy (non-hydrogen) atoms. The van der Waals surface area contributed by atoms with E-state index in [0.29, 0.717) is 6.04 Å². The van der Waals surface area contributed by atoms with Crippen molar-refractivity contribution in [1.82, 2.24) is 5.32 Å². The Hall–Kier alpha value is -0.0800. The van der Waals surface area contributed by atoms with Crippen molar-refractivity contribution in [2.75, 3.05) is 20.3 Å². The van der Waals surface area contributed by atoms with Gasteiger partial charge in [-0.1, -0.05) is 19.3 Å². The Labute approximate surface area is 94.8 Å². The van der Waals surface area contributed by atoms with Crippen LogP contribution in [0.15, 0.2) is 0 Å². The SMILES string of the molecule is COCCCCN[C@@H](C)C1CCCCC1. The van der Waals surface area contributed by atoms with E-state index in [1.807, 2.05) is 0 Å². The van der Waals surface area contributed by atoms with Crippen molar-refractivity contribution in [1.29, 1.82) is 0 Å². The molecule has 0 saturated heterocycles. The quantitative estimate of drug-likeness (QED) is 0.656. The molecule has 1 saturated carbocycles. The molecule has 0 amide bonds. The standard InChI is InChI=1S/C13H27NO/c1-12(13-8-4-3-5-9-13)14-10-6-7-11-15-2/h12-14H,3-11H2,1-2H3/t12-/m0/s1. The lowest BCUT2D eigenvalue weighted by Gasteiger charge is -2.28. The van der Waals surface area contributed by atoms with Crippen LogP contribution in [-0.2, 0) is 4.74 Å². The maximum absolute atomic E-state index is 5.04. The van der Waals surface area contributed by atoms with E-state index in [0.717, 1.165) is 19.1 Å². The Morgan fingerprint density at radius 2 is 1.93 bits per heavy atom. The van der Waals surface area contributed by atoms with E-state index in [9.17, 15) is 0 Å². The van der Waals surface area contributed by atoms with E-state index in [4.69, 9.17) is 4.74 Å². The molecule has 0 heterocycles. The van der Waals surface area contributed by atoms with Gasteiger partial charge in [0.25, 0.3) is 0 Å². The van der Waals surface area contributed by atoms with Crippen molar-refractivity contribution in [3.05, 3.63) is 0 Å². The molecule has 0 bridgehead atoms. The van der Waals surface area contributed by atoms with Gasteiger partial charge in [0.2, 0.25) is 0 Å². The number of unbranched alkanes of at least 4 members (excludes halogenated alkanes) is 1. The Morgan fingerprint density at radius 1 is 1.20 bits per heavy atom. The van der Waals surface area contributed by atoms with E-state index < -0.39 is 0 Å². The molecule has 1 aliphatic carbocycles. The van der Waals surface area contributed by atoms with Crippen LogP contribution in [0.1, 0.15) is 51.9 Å². The summed E-state index contributed by atoms with van der Waals surface area (Å²) in [5.74, 6) is 0.932. The van der Waals surface area contributed by atoms with Crippen LogP contribution >= 0.6 is 0 Å². The molecule has 0 radical (unpaired) electrons. The molecule has 2 heteroatoms. The van der Waals surface area contributed by atoms with E-state index in [1.54, 1.807) is 7.11 Å². The van der Waals surface area contributed by atoms with Crippen LogP contribution < -0.4 is 5.32 Å². The fraction of sp³-hybridized carbons (Fsp3) is 1.00. The van der Waals surface area contributed by atoms with Crippen molar-refractivity contribution in [3.63, 3.8) is 0 Å². The van der Waals surface area contributed by atoms with Crippen LogP contribution in [0, 0.1) is 5.92 Å². The number of rotatable bonds is 7. The molecule has 1 fully saturated rings.